The van der Waals surface area contributed by atoms with Gasteiger partial charge in [0.2, 0.25) is 0 Å². The van der Waals surface area contributed by atoms with Crippen LogP contribution in [0.25, 0.3) is 10.9 Å². The summed E-state index contributed by atoms with van der Waals surface area (Å²) in [6.07, 6.45) is 3.02. The maximum atomic E-state index is 13.1. The van der Waals surface area contributed by atoms with Gasteiger partial charge in [0.05, 0.1) is 30.9 Å². The minimum absolute atomic E-state index is 0.0130. The second kappa shape index (κ2) is 8.78. The van der Waals surface area contributed by atoms with Gasteiger partial charge in [-0.25, -0.2) is 4.98 Å². The Kier molecular flexibility index (Phi) is 6.13. The van der Waals surface area contributed by atoms with Gasteiger partial charge >= 0.3 is 0 Å². The predicted molar refractivity (Wildman–Crippen MR) is 113 cm³/mol. The van der Waals surface area contributed by atoms with Crippen molar-refractivity contribution >= 4 is 16.8 Å². The number of methoxy groups -OCH3 is 1. The molecule has 0 radical (unpaired) electrons. The number of para-hydroxylation sites is 1. The average Bonchev–Trinajstić information content (AvgIpc) is 3.12. The van der Waals surface area contributed by atoms with Crippen molar-refractivity contribution in [3.63, 3.8) is 0 Å². The third-order valence-electron chi connectivity index (χ3n) is 6.18. The lowest BCUT2D eigenvalue weighted by Crippen LogP contribution is -2.50. The van der Waals surface area contributed by atoms with Gasteiger partial charge in [0, 0.05) is 32.1 Å². The number of benzene rings is 1. The zero-order valence-corrected chi connectivity index (χ0v) is 17.5. The molecular weight excluding hydrogens is 366 g/mol. The second-order valence-corrected chi connectivity index (χ2v) is 8.54. The first-order valence-electron chi connectivity index (χ1n) is 10.6. The Morgan fingerprint density at radius 2 is 2.21 bits per heavy atom. The van der Waals surface area contributed by atoms with Gasteiger partial charge in [-0.05, 0) is 44.4 Å². The number of hydrogen-bond donors (Lipinski definition) is 0. The van der Waals surface area contributed by atoms with Gasteiger partial charge in [0.15, 0.2) is 0 Å². The van der Waals surface area contributed by atoms with Gasteiger partial charge in [-0.15, -0.1) is 0 Å². The topological polar surface area (TPSA) is 54.9 Å². The average molecular weight is 398 g/mol. The van der Waals surface area contributed by atoms with E-state index >= 15 is 0 Å². The van der Waals surface area contributed by atoms with Crippen LogP contribution in [0.2, 0.25) is 0 Å². The third kappa shape index (κ3) is 4.60. The number of aromatic nitrogens is 1. The molecule has 2 saturated heterocycles. The molecule has 156 valence electrons. The van der Waals surface area contributed by atoms with Crippen molar-refractivity contribution in [3.8, 4) is 0 Å². The predicted octanol–water partition coefficient (Wildman–Crippen LogP) is 2.82. The quantitative estimate of drug-likeness (QED) is 0.750. The molecule has 1 aromatic carbocycles. The molecule has 4 rings (SSSR count). The van der Waals surface area contributed by atoms with Crippen molar-refractivity contribution in [1.82, 2.24) is 14.8 Å². The van der Waals surface area contributed by atoms with E-state index in [4.69, 9.17) is 9.47 Å². The van der Waals surface area contributed by atoms with Crippen LogP contribution in [-0.4, -0.2) is 79.8 Å². The standard InChI is InChI=1S/C23H31N3O3/c1-25(12-13-28-2)15-18-14-23(29-16-18)10-5-11-26(17-23)22(27)21-9-8-19-6-3-4-7-20(19)24-21/h3-4,6-9,18H,5,10-17H2,1-2H3. The number of likely N-dealkylation sites (N-methyl/N-ethyl adjacent to an activating group) is 1. The Hall–Kier alpha value is -2.02. The van der Waals surface area contributed by atoms with Crippen molar-refractivity contribution in [3.05, 3.63) is 42.1 Å². The number of hydrogen-bond acceptors (Lipinski definition) is 5. The SMILES string of the molecule is COCCN(C)CC1COC2(CCCN(C(=O)c3ccc4ccccc4n3)C2)C1. The summed E-state index contributed by atoms with van der Waals surface area (Å²) in [5, 5.41) is 1.05. The number of fused-ring (bicyclic) bond motifs is 1. The number of nitrogens with zero attached hydrogens (tertiary/aromatic N) is 3. The highest BCUT2D eigenvalue weighted by molar-refractivity contribution is 5.95. The van der Waals surface area contributed by atoms with Crippen molar-refractivity contribution < 1.29 is 14.3 Å². The van der Waals surface area contributed by atoms with E-state index in [0.29, 0.717) is 18.2 Å². The fourth-order valence-electron chi connectivity index (χ4n) is 4.74. The number of rotatable bonds is 6. The Morgan fingerprint density at radius 1 is 1.34 bits per heavy atom. The molecule has 2 aliphatic heterocycles. The number of likely N-dealkylation sites (tertiary alicyclic amines) is 1. The summed E-state index contributed by atoms with van der Waals surface area (Å²) in [7, 11) is 3.87. The lowest BCUT2D eigenvalue weighted by molar-refractivity contribution is -0.0451. The summed E-state index contributed by atoms with van der Waals surface area (Å²) in [5.74, 6) is 0.518. The Balaban J connectivity index is 1.40. The maximum Gasteiger partial charge on any atom is 0.272 e. The number of carbonyl (C=O) groups excluding carboxylic acids is 1. The minimum Gasteiger partial charge on any atom is -0.383 e. The van der Waals surface area contributed by atoms with Gasteiger partial charge < -0.3 is 19.3 Å². The lowest BCUT2D eigenvalue weighted by Gasteiger charge is -2.39. The smallest absolute Gasteiger partial charge is 0.272 e. The third-order valence-corrected chi connectivity index (χ3v) is 6.18. The fraction of sp³-hybridized carbons (Fsp3) is 0.565. The fourth-order valence-corrected chi connectivity index (χ4v) is 4.74. The highest BCUT2D eigenvalue weighted by atomic mass is 16.5. The minimum atomic E-state index is -0.197. The molecule has 2 fully saturated rings. The van der Waals surface area contributed by atoms with E-state index in [-0.39, 0.29) is 11.5 Å². The second-order valence-electron chi connectivity index (χ2n) is 8.54. The van der Waals surface area contributed by atoms with Crippen LogP contribution >= 0.6 is 0 Å². The van der Waals surface area contributed by atoms with Gasteiger partial charge in [-0.1, -0.05) is 24.3 Å². The zero-order chi connectivity index (χ0) is 20.3. The molecule has 2 unspecified atom stereocenters. The van der Waals surface area contributed by atoms with E-state index in [1.54, 1.807) is 7.11 Å². The molecule has 0 saturated carbocycles. The number of pyridine rings is 1. The van der Waals surface area contributed by atoms with Crippen molar-refractivity contribution in [2.45, 2.75) is 24.9 Å². The molecule has 0 N–H and O–H groups in total. The van der Waals surface area contributed by atoms with Crippen LogP contribution in [0.15, 0.2) is 36.4 Å². The Labute approximate surface area is 172 Å². The van der Waals surface area contributed by atoms with Gasteiger partial charge in [0.1, 0.15) is 5.69 Å². The summed E-state index contributed by atoms with van der Waals surface area (Å²) in [6, 6.07) is 11.7. The number of carbonyl (C=O) groups is 1. The van der Waals surface area contributed by atoms with Crippen LogP contribution in [0.4, 0.5) is 0 Å². The van der Waals surface area contributed by atoms with E-state index in [0.717, 1.165) is 63.0 Å². The molecule has 1 spiro atoms. The molecule has 0 bridgehead atoms. The van der Waals surface area contributed by atoms with Gasteiger partial charge in [-0.3, -0.25) is 4.79 Å². The molecule has 2 aliphatic rings. The van der Waals surface area contributed by atoms with Crippen LogP contribution < -0.4 is 0 Å². The van der Waals surface area contributed by atoms with E-state index in [1.165, 1.54) is 0 Å². The molecule has 3 heterocycles. The van der Waals surface area contributed by atoms with E-state index < -0.39 is 0 Å². The lowest BCUT2D eigenvalue weighted by atomic mass is 9.86. The van der Waals surface area contributed by atoms with E-state index in [1.807, 2.05) is 41.3 Å². The van der Waals surface area contributed by atoms with Crippen LogP contribution in [0.1, 0.15) is 29.8 Å². The van der Waals surface area contributed by atoms with Gasteiger partial charge in [0.25, 0.3) is 5.91 Å². The van der Waals surface area contributed by atoms with Crippen LogP contribution in [0.3, 0.4) is 0 Å². The van der Waals surface area contributed by atoms with E-state index in [2.05, 4.69) is 16.9 Å². The molecule has 2 aromatic rings. The molecule has 2 atom stereocenters. The van der Waals surface area contributed by atoms with Crippen molar-refractivity contribution in [1.29, 1.82) is 0 Å². The highest BCUT2D eigenvalue weighted by Gasteiger charge is 2.44. The van der Waals surface area contributed by atoms with Crippen LogP contribution in [-0.2, 0) is 9.47 Å². The first-order chi connectivity index (χ1) is 14.1. The summed E-state index contributed by atoms with van der Waals surface area (Å²) in [6.45, 7) is 4.89. The highest BCUT2D eigenvalue weighted by Crippen LogP contribution is 2.38. The largest absolute Gasteiger partial charge is 0.383 e. The molecule has 1 amide bonds. The summed E-state index contributed by atoms with van der Waals surface area (Å²) in [5.41, 5.74) is 1.19. The monoisotopic (exact) mass is 397 g/mol. The summed E-state index contributed by atoms with van der Waals surface area (Å²) < 4.78 is 11.5. The molecule has 29 heavy (non-hydrogen) atoms. The number of ether oxygens (including phenoxy) is 2. The zero-order valence-electron chi connectivity index (χ0n) is 17.5. The molecule has 6 nitrogen and oxygen atoms in total. The number of piperidine rings is 1. The molecule has 6 heteroatoms. The van der Waals surface area contributed by atoms with Crippen LogP contribution in [0.5, 0.6) is 0 Å². The van der Waals surface area contributed by atoms with Crippen molar-refractivity contribution in [2.75, 3.05) is 53.6 Å². The Bertz CT molecular complexity index is 858. The summed E-state index contributed by atoms with van der Waals surface area (Å²) in [4.78, 5) is 22.0. The Morgan fingerprint density at radius 3 is 3.07 bits per heavy atom. The molecular formula is C23H31N3O3. The first kappa shape index (κ1) is 20.3. The first-order valence-corrected chi connectivity index (χ1v) is 10.6. The molecule has 0 aliphatic carbocycles. The van der Waals surface area contributed by atoms with Crippen LogP contribution in [0, 0.1) is 5.92 Å². The van der Waals surface area contributed by atoms with Crippen molar-refractivity contribution in [2.24, 2.45) is 5.92 Å². The van der Waals surface area contributed by atoms with Gasteiger partial charge in [-0.2, -0.15) is 0 Å². The van der Waals surface area contributed by atoms with E-state index in [9.17, 15) is 4.79 Å². The summed E-state index contributed by atoms with van der Waals surface area (Å²) >= 11 is 0. The number of amides is 1. The normalized spacial score (nSPS) is 24.7. The maximum absolute atomic E-state index is 13.1. The molecule has 1 aromatic heterocycles.